The quantitative estimate of drug-likeness (QED) is 0.737. The fourth-order valence-corrected chi connectivity index (χ4v) is 2.36. The van der Waals surface area contributed by atoms with E-state index >= 15 is 0 Å². The predicted molar refractivity (Wildman–Crippen MR) is 69.2 cm³/mol. The van der Waals surface area contributed by atoms with Crippen LogP contribution in [0.25, 0.3) is 0 Å². The van der Waals surface area contributed by atoms with Gasteiger partial charge in [0.2, 0.25) is 11.2 Å². The van der Waals surface area contributed by atoms with Crippen LogP contribution in [0.2, 0.25) is 5.28 Å². The van der Waals surface area contributed by atoms with E-state index in [1.54, 1.807) is 13.1 Å². The second-order valence-electron chi connectivity index (χ2n) is 3.80. The van der Waals surface area contributed by atoms with Gasteiger partial charge in [-0.3, -0.25) is 4.79 Å². The van der Waals surface area contributed by atoms with Crippen molar-refractivity contribution in [2.24, 2.45) is 0 Å². The lowest BCUT2D eigenvalue weighted by molar-refractivity contribution is -0.129. The highest BCUT2D eigenvalue weighted by Crippen LogP contribution is 2.25. The van der Waals surface area contributed by atoms with Gasteiger partial charge in [0.1, 0.15) is 5.82 Å². The minimum Gasteiger partial charge on any atom is -0.352 e. The molecular weight excluding hydrogens is 307 g/mol. The second-order valence-corrected chi connectivity index (χ2v) is 5.00. The average Bonchev–Trinajstić information content (AvgIpc) is 2.32. The lowest BCUT2D eigenvalue weighted by Gasteiger charge is -2.35. The second kappa shape index (κ2) is 5.18. The number of hydrogen-bond acceptors (Lipinski definition) is 4. The van der Waals surface area contributed by atoms with Crippen LogP contribution in [-0.4, -0.2) is 47.0 Å². The molecule has 17 heavy (non-hydrogen) atoms. The largest absolute Gasteiger partial charge is 0.352 e. The summed E-state index contributed by atoms with van der Waals surface area (Å²) in [6.07, 6.45) is 1.64. The van der Waals surface area contributed by atoms with Gasteiger partial charge in [0.05, 0.1) is 4.47 Å². The van der Waals surface area contributed by atoms with E-state index in [0.29, 0.717) is 13.1 Å². The van der Waals surface area contributed by atoms with E-state index in [4.69, 9.17) is 11.6 Å². The third-order valence-corrected chi connectivity index (χ3v) is 3.46. The van der Waals surface area contributed by atoms with Gasteiger partial charge in [-0.05, 0) is 27.5 Å². The Morgan fingerprint density at radius 1 is 1.41 bits per heavy atom. The smallest absolute Gasteiger partial charge is 0.224 e. The van der Waals surface area contributed by atoms with Crippen LogP contribution < -0.4 is 4.90 Å². The van der Waals surface area contributed by atoms with Gasteiger partial charge in [0.15, 0.2) is 0 Å². The van der Waals surface area contributed by atoms with Crippen LogP contribution in [-0.2, 0) is 4.79 Å². The number of anilines is 1. The third kappa shape index (κ3) is 2.87. The first-order valence-corrected chi connectivity index (χ1v) is 6.43. The van der Waals surface area contributed by atoms with E-state index in [9.17, 15) is 4.79 Å². The molecule has 0 radical (unpaired) electrons. The van der Waals surface area contributed by atoms with Gasteiger partial charge in [0.25, 0.3) is 0 Å². The maximum absolute atomic E-state index is 11.2. The number of carbonyl (C=O) groups is 1. The van der Waals surface area contributed by atoms with E-state index in [0.717, 1.165) is 23.4 Å². The Bertz CT molecular complexity index is 434. The van der Waals surface area contributed by atoms with Gasteiger partial charge in [0, 0.05) is 39.3 Å². The van der Waals surface area contributed by atoms with Crippen LogP contribution in [0.3, 0.4) is 0 Å². The molecule has 5 nitrogen and oxygen atoms in total. The molecule has 1 aromatic rings. The summed E-state index contributed by atoms with van der Waals surface area (Å²) >= 11 is 9.19. The van der Waals surface area contributed by atoms with Gasteiger partial charge in [-0.25, -0.2) is 4.98 Å². The zero-order valence-corrected chi connectivity index (χ0v) is 11.7. The third-order valence-electron chi connectivity index (χ3n) is 2.72. The van der Waals surface area contributed by atoms with E-state index in [1.165, 1.54) is 0 Å². The molecular formula is C10H12BrClN4O. The Hall–Kier alpha value is -0.880. The Morgan fingerprint density at radius 3 is 2.65 bits per heavy atom. The van der Waals surface area contributed by atoms with Crippen molar-refractivity contribution >= 4 is 39.3 Å². The standard InChI is InChI=1S/C10H12BrClN4O/c1-7(17)15-2-4-16(5-3-15)9-8(11)6-13-10(12)14-9/h6H,2-5H2,1H3. The van der Waals surface area contributed by atoms with Crippen molar-refractivity contribution < 1.29 is 4.79 Å². The topological polar surface area (TPSA) is 49.3 Å². The lowest BCUT2D eigenvalue weighted by Crippen LogP contribution is -2.48. The van der Waals surface area contributed by atoms with Crippen LogP contribution in [0.1, 0.15) is 6.92 Å². The number of rotatable bonds is 1. The molecule has 0 saturated carbocycles. The summed E-state index contributed by atoms with van der Waals surface area (Å²) < 4.78 is 0.818. The molecule has 2 rings (SSSR count). The number of hydrogen-bond donors (Lipinski definition) is 0. The monoisotopic (exact) mass is 318 g/mol. The van der Waals surface area contributed by atoms with E-state index in [-0.39, 0.29) is 11.2 Å². The predicted octanol–water partition coefficient (Wildman–Crippen LogP) is 1.56. The SMILES string of the molecule is CC(=O)N1CCN(c2nc(Cl)ncc2Br)CC1. The molecule has 1 saturated heterocycles. The molecule has 1 amide bonds. The van der Waals surface area contributed by atoms with Gasteiger partial charge in [-0.15, -0.1) is 0 Å². The van der Waals surface area contributed by atoms with E-state index < -0.39 is 0 Å². The van der Waals surface area contributed by atoms with Crippen molar-refractivity contribution in [3.05, 3.63) is 16.0 Å². The van der Waals surface area contributed by atoms with E-state index in [2.05, 4.69) is 30.8 Å². The van der Waals surface area contributed by atoms with Crippen molar-refractivity contribution in [2.75, 3.05) is 31.1 Å². The fraction of sp³-hybridized carbons (Fsp3) is 0.500. The first-order valence-electron chi connectivity index (χ1n) is 5.26. The highest BCUT2D eigenvalue weighted by Gasteiger charge is 2.21. The Labute approximate surface area is 113 Å². The zero-order valence-electron chi connectivity index (χ0n) is 9.36. The summed E-state index contributed by atoms with van der Waals surface area (Å²) in [6.45, 7) is 4.52. The van der Waals surface area contributed by atoms with Crippen molar-refractivity contribution in [2.45, 2.75) is 6.92 Å². The maximum atomic E-state index is 11.2. The Kier molecular flexibility index (Phi) is 3.83. The van der Waals surface area contributed by atoms with Crippen molar-refractivity contribution in [1.82, 2.24) is 14.9 Å². The number of halogens is 2. The first-order chi connectivity index (χ1) is 8.08. The van der Waals surface area contributed by atoms with Crippen LogP contribution >= 0.6 is 27.5 Å². The summed E-state index contributed by atoms with van der Waals surface area (Å²) in [5, 5.41) is 0.234. The van der Waals surface area contributed by atoms with Gasteiger partial charge < -0.3 is 9.80 Å². The van der Waals surface area contributed by atoms with Crippen molar-refractivity contribution in [3.63, 3.8) is 0 Å². The number of piperazine rings is 1. The molecule has 0 aliphatic carbocycles. The fourth-order valence-electron chi connectivity index (χ4n) is 1.79. The number of amides is 1. The van der Waals surface area contributed by atoms with Crippen LogP contribution in [0.4, 0.5) is 5.82 Å². The molecule has 1 aliphatic heterocycles. The summed E-state index contributed by atoms with van der Waals surface area (Å²) in [5.74, 6) is 0.901. The minimum atomic E-state index is 0.115. The Morgan fingerprint density at radius 2 is 2.06 bits per heavy atom. The summed E-state index contributed by atoms with van der Waals surface area (Å²) in [5.41, 5.74) is 0. The zero-order chi connectivity index (χ0) is 12.4. The van der Waals surface area contributed by atoms with Gasteiger partial charge >= 0.3 is 0 Å². The molecule has 1 aliphatic rings. The van der Waals surface area contributed by atoms with Gasteiger partial charge in [-0.1, -0.05) is 0 Å². The van der Waals surface area contributed by atoms with Gasteiger partial charge in [-0.2, -0.15) is 4.98 Å². The first kappa shape index (κ1) is 12.6. The highest BCUT2D eigenvalue weighted by atomic mass is 79.9. The number of nitrogens with zero attached hydrogens (tertiary/aromatic N) is 4. The average molecular weight is 320 g/mol. The van der Waals surface area contributed by atoms with Crippen molar-refractivity contribution in [3.8, 4) is 0 Å². The molecule has 0 atom stereocenters. The van der Waals surface area contributed by atoms with E-state index in [1.807, 2.05) is 4.90 Å². The highest BCUT2D eigenvalue weighted by molar-refractivity contribution is 9.10. The number of aromatic nitrogens is 2. The molecule has 1 fully saturated rings. The van der Waals surface area contributed by atoms with Crippen LogP contribution in [0.5, 0.6) is 0 Å². The molecule has 92 valence electrons. The lowest BCUT2D eigenvalue weighted by atomic mass is 10.3. The number of carbonyl (C=O) groups excluding carboxylic acids is 1. The molecule has 1 aromatic heterocycles. The molecule has 0 bridgehead atoms. The molecule has 7 heteroatoms. The molecule has 0 aromatic carbocycles. The normalized spacial score (nSPS) is 16.2. The molecule has 0 unspecified atom stereocenters. The molecule has 0 spiro atoms. The summed E-state index contributed by atoms with van der Waals surface area (Å²) in [7, 11) is 0. The Balaban J connectivity index is 2.10. The minimum absolute atomic E-state index is 0.115. The maximum Gasteiger partial charge on any atom is 0.224 e. The molecule has 2 heterocycles. The van der Waals surface area contributed by atoms with Crippen molar-refractivity contribution in [1.29, 1.82) is 0 Å². The van der Waals surface area contributed by atoms with Crippen LogP contribution in [0.15, 0.2) is 10.7 Å². The summed E-state index contributed by atoms with van der Waals surface area (Å²) in [4.78, 5) is 23.2. The molecule has 0 N–H and O–H groups in total. The van der Waals surface area contributed by atoms with Crippen LogP contribution in [0, 0.1) is 0 Å². The summed E-state index contributed by atoms with van der Waals surface area (Å²) in [6, 6.07) is 0.